The van der Waals surface area contributed by atoms with Crippen molar-refractivity contribution < 1.29 is 37.0 Å². The second-order valence-electron chi connectivity index (χ2n) is 9.34. The van der Waals surface area contributed by atoms with Crippen molar-refractivity contribution in [2.45, 2.75) is 0 Å². The summed E-state index contributed by atoms with van der Waals surface area (Å²) in [5.74, 6) is 0. The Bertz CT molecular complexity index is 3930. The third-order valence-electron chi connectivity index (χ3n) is 6.99. The fourth-order valence-corrected chi connectivity index (χ4v) is 5.18. The molecule has 0 saturated heterocycles. The monoisotopic (exact) mass is 587 g/mol. The van der Waals surface area contributed by atoms with Crippen molar-refractivity contribution in [1.82, 2.24) is 9.13 Å². The van der Waals surface area contributed by atoms with Crippen molar-refractivity contribution in [2.75, 3.05) is 0 Å². The summed E-state index contributed by atoms with van der Waals surface area (Å²) in [4.78, 5) is 0. The van der Waals surface area contributed by atoms with Crippen LogP contribution in [0.15, 0.2) is 169 Å². The summed E-state index contributed by atoms with van der Waals surface area (Å²) in [6.45, 7) is 0. The molecule has 2 aromatic heterocycles. The topological polar surface area (TPSA) is 9.86 Å². The number of hydrogen-bond donors (Lipinski definition) is 0. The fraction of sp³-hybridized carbons (Fsp3) is 0. The van der Waals surface area contributed by atoms with E-state index in [1.807, 2.05) is 0 Å². The van der Waals surface area contributed by atoms with Crippen molar-refractivity contribution in [2.24, 2.45) is 0 Å². The third kappa shape index (κ3) is 3.75. The Morgan fingerprint density at radius 3 is 1.64 bits per heavy atom. The molecular formula is C42H28N2. The first-order valence-corrected chi connectivity index (χ1v) is 12.9. The van der Waals surface area contributed by atoms with E-state index in [-0.39, 0.29) is 0 Å². The third-order valence-corrected chi connectivity index (χ3v) is 6.99. The van der Waals surface area contributed by atoms with Crippen LogP contribution < -0.4 is 0 Å². The van der Waals surface area contributed by atoms with Crippen molar-refractivity contribution in [1.29, 1.82) is 0 Å². The van der Waals surface area contributed by atoms with Crippen molar-refractivity contribution >= 4 is 43.6 Å². The number of benzene rings is 7. The molecule has 2 heterocycles. The number of para-hydroxylation sites is 4. The number of rotatable bonds is 4. The molecule has 0 aliphatic carbocycles. The lowest BCUT2D eigenvalue weighted by molar-refractivity contribution is 1.18. The molecule has 9 aromatic rings. The zero-order valence-corrected chi connectivity index (χ0v) is 22.0. The summed E-state index contributed by atoms with van der Waals surface area (Å²) in [5, 5.41) is -2.12. The second-order valence-corrected chi connectivity index (χ2v) is 9.34. The highest BCUT2D eigenvalue weighted by Gasteiger charge is 2.18. The minimum atomic E-state index is -1.03. The van der Waals surface area contributed by atoms with Crippen LogP contribution in [0.25, 0.3) is 77.2 Å². The smallest absolute Gasteiger partial charge is 0.0645 e. The van der Waals surface area contributed by atoms with Gasteiger partial charge in [0.1, 0.15) is 0 Å². The predicted molar refractivity (Wildman–Crippen MR) is 186 cm³/mol. The van der Waals surface area contributed by atoms with E-state index in [2.05, 4.69) is 0 Å². The maximum absolute atomic E-state index is 9.89. The van der Waals surface area contributed by atoms with Crippen LogP contribution in [0.1, 0.15) is 37.0 Å². The average molecular weight is 588 g/mol. The van der Waals surface area contributed by atoms with Gasteiger partial charge in [0, 0.05) is 38.5 Å². The van der Waals surface area contributed by atoms with Gasteiger partial charge >= 0.3 is 0 Å². The Morgan fingerprint density at radius 1 is 0.364 bits per heavy atom. The van der Waals surface area contributed by atoms with Crippen LogP contribution in [0, 0.1) is 0 Å². The van der Waals surface area contributed by atoms with E-state index in [0.717, 1.165) is 15.2 Å². The van der Waals surface area contributed by atoms with E-state index in [4.69, 9.17) is 26.0 Å². The van der Waals surface area contributed by atoms with E-state index >= 15 is 0 Å². The molecule has 0 spiro atoms. The van der Waals surface area contributed by atoms with Gasteiger partial charge in [0.05, 0.1) is 59.1 Å². The first-order chi connectivity index (χ1) is 33.1. The van der Waals surface area contributed by atoms with Gasteiger partial charge in [-0.1, -0.05) is 121 Å². The van der Waals surface area contributed by atoms with Gasteiger partial charge in [0.2, 0.25) is 0 Å². The first-order valence-electron chi connectivity index (χ1n) is 26.4. The zero-order valence-electron chi connectivity index (χ0n) is 49.0. The van der Waals surface area contributed by atoms with E-state index in [1.54, 1.807) is 0 Å². The van der Waals surface area contributed by atoms with E-state index < -0.39 is 240 Å². The molecule has 0 aliphatic heterocycles. The van der Waals surface area contributed by atoms with Gasteiger partial charge in [-0.25, -0.2) is 0 Å². The number of nitrogens with zero attached hydrogens (tertiary/aromatic N) is 2. The molecule has 0 radical (unpaired) electrons. The summed E-state index contributed by atoms with van der Waals surface area (Å²) in [7, 11) is 0. The van der Waals surface area contributed by atoms with Crippen molar-refractivity contribution in [3.8, 4) is 33.6 Å². The number of hydrogen-bond acceptors (Lipinski definition) is 0. The van der Waals surface area contributed by atoms with Crippen LogP contribution in [0.2, 0.25) is 0 Å². The number of aromatic nitrogens is 2. The molecule has 206 valence electrons. The highest BCUT2D eigenvalue weighted by molar-refractivity contribution is 6.15. The molecule has 0 aliphatic rings. The van der Waals surface area contributed by atoms with Gasteiger partial charge in [-0.2, -0.15) is 0 Å². The van der Waals surface area contributed by atoms with Crippen LogP contribution >= 0.6 is 0 Å². The van der Waals surface area contributed by atoms with Crippen LogP contribution in [-0.4, -0.2) is 9.13 Å². The Labute approximate surface area is 293 Å². The summed E-state index contributed by atoms with van der Waals surface area (Å²) in [6.07, 6.45) is 0. The molecule has 0 atom stereocenters. The van der Waals surface area contributed by atoms with Gasteiger partial charge in [-0.3, -0.25) is 0 Å². The largest absolute Gasteiger partial charge is 0.309 e. The fourth-order valence-electron chi connectivity index (χ4n) is 5.18. The van der Waals surface area contributed by atoms with Crippen LogP contribution in [-0.2, 0) is 0 Å². The van der Waals surface area contributed by atoms with E-state index in [9.17, 15) is 11.0 Å². The molecule has 0 bridgehead atoms. The van der Waals surface area contributed by atoms with Gasteiger partial charge in [-0.05, 0) is 65.0 Å². The standard InChI is InChI=1S/C42H28N2/c1-3-12-29(13-4-1)30-22-25-33(26-23-30)44-40-21-10-7-16-35(40)37-19-11-18-34(42(37)44)31-24-27-41-38(28-31)36-17-8-9-20-39(36)43(41)32-14-5-2-6-15-32/h1-28H/i1D,2D,3D,4D,5D,6D,7D,8D,9D,10D,11D,12D,13D,14D,15D,16D,17D,19D,20D,21D,22D,23D,24D,25D,26D,27D,28D. The molecule has 2 nitrogen and oxygen atoms in total. The van der Waals surface area contributed by atoms with Crippen LogP contribution in [0.3, 0.4) is 0 Å². The first kappa shape index (κ1) is 9.83. The molecule has 0 unspecified atom stereocenters. The molecule has 0 N–H and O–H groups in total. The molecule has 0 saturated carbocycles. The Balaban J connectivity index is 1.55. The molecule has 9 rings (SSSR count). The Hall–Kier alpha value is -5.86. The minimum Gasteiger partial charge on any atom is -0.309 e. The Morgan fingerprint density at radius 2 is 0.886 bits per heavy atom. The predicted octanol–water partition coefficient (Wildman–Crippen LogP) is 11.2. The van der Waals surface area contributed by atoms with Crippen molar-refractivity contribution in [3.63, 3.8) is 0 Å². The van der Waals surface area contributed by atoms with E-state index in [0.29, 0.717) is 0 Å². The maximum atomic E-state index is 9.89. The Kier molecular flexibility index (Phi) is 2.20. The van der Waals surface area contributed by atoms with Crippen LogP contribution in [0.4, 0.5) is 0 Å². The lowest BCUT2D eigenvalue weighted by Gasteiger charge is -2.13. The normalized spacial score (nSPS) is 20.2. The molecule has 0 amide bonds. The average Bonchev–Trinajstić information content (AvgIpc) is 3.88. The van der Waals surface area contributed by atoms with E-state index in [1.165, 1.54) is 0 Å². The number of fused-ring (bicyclic) bond motifs is 6. The van der Waals surface area contributed by atoms with Gasteiger partial charge in [0.25, 0.3) is 0 Å². The van der Waals surface area contributed by atoms with Crippen molar-refractivity contribution in [3.05, 3.63) is 169 Å². The molecule has 0 fully saturated rings. The molecule has 2 heteroatoms. The lowest BCUT2D eigenvalue weighted by atomic mass is 9.99. The van der Waals surface area contributed by atoms with Gasteiger partial charge < -0.3 is 9.13 Å². The molecular weight excluding hydrogens is 532 g/mol. The maximum Gasteiger partial charge on any atom is 0.0645 e. The second kappa shape index (κ2) is 9.86. The zero-order chi connectivity index (χ0) is 52.5. The summed E-state index contributed by atoms with van der Waals surface area (Å²) in [6, 6.07) is -23.0. The summed E-state index contributed by atoms with van der Waals surface area (Å²) >= 11 is 0. The minimum absolute atomic E-state index is 0.518. The van der Waals surface area contributed by atoms with Gasteiger partial charge in [-0.15, -0.1) is 0 Å². The highest BCUT2D eigenvalue weighted by Crippen LogP contribution is 2.40. The molecule has 7 aromatic carbocycles. The quantitative estimate of drug-likeness (QED) is 0.194. The lowest BCUT2D eigenvalue weighted by Crippen LogP contribution is -1.96. The van der Waals surface area contributed by atoms with Gasteiger partial charge in [0.15, 0.2) is 0 Å². The highest BCUT2D eigenvalue weighted by atomic mass is 15.0. The summed E-state index contributed by atoms with van der Waals surface area (Å²) < 4.78 is 241. The SMILES string of the molecule is [2H]c1cc(-c2c([2H])c([2H])c3c(c2[2H])c2c([2H])c([2H])c([2H])c([2H])c2n3-c2c([2H])c([2H])c([2H])c([2H])c2[2H])c2c(c1[2H])c1c([2H])c([2H])c([2H])c([2H])c1n2-c1c([2H])c([2H])c(-c2c([2H])c([2H])c([2H])c([2H])c2[2H])c([2H])c1[2H]. The summed E-state index contributed by atoms with van der Waals surface area (Å²) in [5.41, 5.74) is -6.57. The molecule has 44 heavy (non-hydrogen) atoms. The van der Waals surface area contributed by atoms with Crippen LogP contribution in [0.5, 0.6) is 0 Å².